The average molecular weight is 413 g/mol. The molecule has 2 aromatic carbocycles. The van der Waals surface area contributed by atoms with Gasteiger partial charge in [0.1, 0.15) is 36.0 Å². The first-order chi connectivity index (χ1) is 13.8. The number of carbonyl (C=O) groups is 1. The van der Waals surface area contributed by atoms with Gasteiger partial charge < -0.3 is 13.9 Å². The molecule has 0 bridgehead atoms. The Hall–Kier alpha value is -2.53. The third-order valence-electron chi connectivity index (χ3n) is 4.65. The lowest BCUT2D eigenvalue weighted by Gasteiger charge is -2.16. The molecule has 0 fully saturated rings. The lowest BCUT2D eigenvalue weighted by atomic mass is 10.1. The van der Waals surface area contributed by atoms with E-state index in [1.165, 1.54) is 23.4 Å². The summed E-state index contributed by atoms with van der Waals surface area (Å²) < 4.78 is 25.3. The van der Waals surface area contributed by atoms with Crippen LogP contribution < -0.4 is 4.74 Å². The molecule has 0 aliphatic carbocycles. The molecule has 1 heterocycles. The summed E-state index contributed by atoms with van der Waals surface area (Å²) in [6.07, 6.45) is 0.878. The molecule has 0 radical (unpaired) electrons. The van der Waals surface area contributed by atoms with Gasteiger partial charge in [-0.15, -0.1) is 11.8 Å². The molecular formula is C24H25FO3S. The van der Waals surface area contributed by atoms with Crippen LogP contribution in [0.2, 0.25) is 0 Å². The van der Waals surface area contributed by atoms with Crippen LogP contribution in [0.4, 0.5) is 4.39 Å². The molecule has 29 heavy (non-hydrogen) atoms. The number of aryl methyl sites for hydroxylation is 2. The minimum Gasteiger partial charge on any atom is -0.489 e. The van der Waals surface area contributed by atoms with E-state index < -0.39 is 4.75 Å². The van der Waals surface area contributed by atoms with Crippen LogP contribution in [0.15, 0.2) is 52.9 Å². The molecule has 0 aliphatic rings. The third kappa shape index (κ3) is 5.51. The molecule has 3 nitrogen and oxygen atoms in total. The summed E-state index contributed by atoms with van der Waals surface area (Å²) in [4.78, 5) is 11.1. The zero-order valence-corrected chi connectivity index (χ0v) is 17.9. The Bertz CT molecular complexity index is 990. The van der Waals surface area contributed by atoms with Crippen LogP contribution in [-0.4, -0.2) is 11.0 Å². The van der Waals surface area contributed by atoms with Crippen LogP contribution >= 0.6 is 11.8 Å². The molecule has 152 valence electrons. The smallest absolute Gasteiger partial charge is 0.135 e. The highest BCUT2D eigenvalue weighted by Crippen LogP contribution is 2.30. The molecule has 0 saturated carbocycles. The Labute approximate surface area is 175 Å². The van der Waals surface area contributed by atoms with Gasteiger partial charge in [0.05, 0.1) is 4.75 Å². The van der Waals surface area contributed by atoms with Crippen molar-refractivity contribution in [2.45, 2.75) is 44.8 Å². The van der Waals surface area contributed by atoms with Crippen LogP contribution in [0, 0.1) is 19.7 Å². The number of halogens is 1. The van der Waals surface area contributed by atoms with Gasteiger partial charge in [0, 0.05) is 22.4 Å². The lowest BCUT2D eigenvalue weighted by Crippen LogP contribution is -2.16. The second kappa shape index (κ2) is 8.87. The van der Waals surface area contributed by atoms with E-state index in [-0.39, 0.29) is 5.82 Å². The second-order valence-corrected chi connectivity index (χ2v) is 9.24. The van der Waals surface area contributed by atoms with Crippen molar-refractivity contribution in [2.75, 3.05) is 0 Å². The van der Waals surface area contributed by atoms with Crippen molar-refractivity contribution in [2.24, 2.45) is 0 Å². The molecule has 3 aromatic rings. The molecule has 5 heteroatoms. The minimum atomic E-state index is -0.552. The number of rotatable bonds is 8. The number of ether oxygens (including phenoxy) is 1. The molecule has 0 N–H and O–H groups in total. The van der Waals surface area contributed by atoms with Gasteiger partial charge in [-0.05, 0) is 52.0 Å². The largest absolute Gasteiger partial charge is 0.489 e. The molecule has 1 aromatic heterocycles. The number of aldehydes is 1. The summed E-state index contributed by atoms with van der Waals surface area (Å²) in [5, 5.41) is 0. The van der Waals surface area contributed by atoms with Crippen LogP contribution in [0.1, 0.15) is 36.3 Å². The van der Waals surface area contributed by atoms with Gasteiger partial charge in [0.2, 0.25) is 0 Å². The highest BCUT2D eigenvalue weighted by atomic mass is 32.2. The van der Waals surface area contributed by atoms with Gasteiger partial charge in [-0.25, -0.2) is 4.39 Å². The number of carbonyl (C=O) groups excluding carboxylic acids is 1. The van der Waals surface area contributed by atoms with Gasteiger partial charge in [0.25, 0.3) is 0 Å². The van der Waals surface area contributed by atoms with Crippen molar-refractivity contribution >= 4 is 18.0 Å². The van der Waals surface area contributed by atoms with Crippen molar-refractivity contribution in [3.63, 3.8) is 0 Å². The first-order valence-corrected chi connectivity index (χ1v) is 10.4. The number of hydrogen-bond acceptors (Lipinski definition) is 4. The summed E-state index contributed by atoms with van der Waals surface area (Å²) in [6.45, 7) is 7.92. The molecule has 3 rings (SSSR count). The number of hydrogen-bond donors (Lipinski definition) is 0. The van der Waals surface area contributed by atoms with Gasteiger partial charge in [-0.3, -0.25) is 0 Å². The van der Waals surface area contributed by atoms with Crippen LogP contribution in [0.3, 0.4) is 0 Å². The minimum absolute atomic E-state index is 0.298. The highest BCUT2D eigenvalue weighted by Gasteiger charge is 2.18. The van der Waals surface area contributed by atoms with E-state index in [1.807, 2.05) is 58.0 Å². The first-order valence-electron chi connectivity index (χ1n) is 9.45. The van der Waals surface area contributed by atoms with E-state index in [2.05, 4.69) is 0 Å². The Morgan fingerprint density at radius 1 is 1.07 bits per heavy atom. The Balaban J connectivity index is 1.69. The van der Waals surface area contributed by atoms with Crippen LogP contribution in [0.25, 0.3) is 11.3 Å². The molecule has 0 spiro atoms. The SMILES string of the molecule is Cc1ccc(-c2cc(COc3ccc(F)c(CSC(C)(C)C=O)c3)c(C)o2)cc1. The quantitative estimate of drug-likeness (QED) is 0.396. The maximum atomic E-state index is 14.1. The summed E-state index contributed by atoms with van der Waals surface area (Å²) in [6, 6.07) is 14.8. The van der Waals surface area contributed by atoms with Crippen molar-refractivity contribution in [3.8, 4) is 17.1 Å². The Kier molecular flexibility index (Phi) is 6.48. The zero-order chi connectivity index (χ0) is 21.0. The number of benzene rings is 2. The second-order valence-electron chi connectivity index (χ2n) is 7.61. The molecule has 0 atom stereocenters. The summed E-state index contributed by atoms with van der Waals surface area (Å²) in [7, 11) is 0. The van der Waals surface area contributed by atoms with Crippen molar-refractivity contribution < 1.29 is 18.3 Å². The predicted molar refractivity (Wildman–Crippen MR) is 116 cm³/mol. The lowest BCUT2D eigenvalue weighted by molar-refractivity contribution is -0.109. The molecule has 0 unspecified atom stereocenters. The topological polar surface area (TPSA) is 39.4 Å². The van der Waals surface area contributed by atoms with Gasteiger partial charge in [-0.1, -0.05) is 29.8 Å². The number of furan rings is 1. The first kappa shape index (κ1) is 21.2. The summed E-state index contributed by atoms with van der Waals surface area (Å²) >= 11 is 1.39. The van der Waals surface area contributed by atoms with E-state index in [0.29, 0.717) is 23.7 Å². The average Bonchev–Trinajstić information content (AvgIpc) is 3.07. The standard InChI is InChI=1S/C24H25FO3S/c1-16-5-7-18(8-6-16)23-12-19(17(2)28-23)13-27-21-9-10-22(25)20(11-21)14-29-24(3,4)15-26/h5-12,15H,13-14H2,1-4H3. The fourth-order valence-corrected chi connectivity index (χ4v) is 3.55. The fourth-order valence-electron chi connectivity index (χ4n) is 2.73. The summed E-state index contributed by atoms with van der Waals surface area (Å²) in [5.41, 5.74) is 3.68. The molecular weight excluding hydrogens is 387 g/mol. The van der Waals surface area contributed by atoms with Crippen molar-refractivity contribution in [1.29, 1.82) is 0 Å². The number of thioether (sulfide) groups is 1. The normalized spacial score (nSPS) is 11.5. The van der Waals surface area contributed by atoms with Crippen molar-refractivity contribution in [3.05, 3.63) is 76.8 Å². The van der Waals surface area contributed by atoms with Crippen LogP contribution in [0.5, 0.6) is 5.75 Å². The molecule has 0 amide bonds. The maximum absolute atomic E-state index is 14.1. The van der Waals surface area contributed by atoms with Crippen LogP contribution in [-0.2, 0) is 17.2 Å². The Morgan fingerprint density at radius 2 is 1.79 bits per heavy atom. The fraction of sp³-hybridized carbons (Fsp3) is 0.292. The van der Waals surface area contributed by atoms with E-state index in [4.69, 9.17) is 9.15 Å². The van der Waals surface area contributed by atoms with Crippen molar-refractivity contribution in [1.82, 2.24) is 0 Å². The monoisotopic (exact) mass is 412 g/mol. The van der Waals surface area contributed by atoms with E-state index >= 15 is 0 Å². The maximum Gasteiger partial charge on any atom is 0.135 e. The molecule has 0 aliphatic heterocycles. The van der Waals surface area contributed by atoms with E-state index in [1.54, 1.807) is 12.1 Å². The zero-order valence-electron chi connectivity index (χ0n) is 17.1. The third-order valence-corrected chi connectivity index (χ3v) is 5.95. The highest BCUT2D eigenvalue weighted by molar-refractivity contribution is 8.00. The van der Waals surface area contributed by atoms with Gasteiger partial charge in [-0.2, -0.15) is 0 Å². The van der Waals surface area contributed by atoms with Gasteiger partial charge in [0.15, 0.2) is 0 Å². The predicted octanol–water partition coefficient (Wildman–Crippen LogP) is 6.49. The summed E-state index contributed by atoms with van der Waals surface area (Å²) in [5.74, 6) is 2.28. The van der Waals surface area contributed by atoms with E-state index in [0.717, 1.165) is 28.9 Å². The van der Waals surface area contributed by atoms with E-state index in [9.17, 15) is 9.18 Å². The Morgan fingerprint density at radius 3 is 2.48 bits per heavy atom. The molecule has 0 saturated heterocycles. The van der Waals surface area contributed by atoms with Gasteiger partial charge >= 0.3 is 0 Å².